The van der Waals surface area contributed by atoms with Crippen LogP contribution in [0.3, 0.4) is 0 Å². The quantitative estimate of drug-likeness (QED) is 0.663. The number of halogens is 2. The molecule has 0 saturated heterocycles. The van der Waals surface area contributed by atoms with Crippen molar-refractivity contribution in [3.05, 3.63) is 63.8 Å². The molecule has 0 bridgehead atoms. The van der Waals surface area contributed by atoms with Crippen molar-refractivity contribution < 1.29 is 0 Å². The Bertz CT molecular complexity index is 883. The van der Waals surface area contributed by atoms with Crippen LogP contribution in [0.25, 0.3) is 0 Å². The fraction of sp³-hybridized carbons (Fsp3) is 0.118. The van der Waals surface area contributed by atoms with E-state index in [4.69, 9.17) is 23.2 Å². The lowest BCUT2D eigenvalue weighted by Crippen LogP contribution is -2.03. The number of benzene rings is 2. The van der Waals surface area contributed by atoms with Crippen LogP contribution in [0.2, 0.25) is 10.0 Å². The Morgan fingerprint density at radius 1 is 0.958 bits per heavy atom. The first-order chi connectivity index (χ1) is 11.5. The molecule has 3 aromatic rings. The summed E-state index contributed by atoms with van der Waals surface area (Å²) >= 11 is 12.2. The number of hydrogen-bond acceptors (Lipinski definition) is 5. The van der Waals surface area contributed by atoms with E-state index < -0.39 is 0 Å². The Balaban J connectivity index is 1.81. The first kappa shape index (κ1) is 16.5. The minimum Gasteiger partial charge on any atom is -0.338 e. The molecule has 0 aliphatic heterocycles. The van der Waals surface area contributed by atoms with Crippen molar-refractivity contribution in [2.75, 3.05) is 10.6 Å². The molecule has 1 aromatic heterocycles. The molecule has 1 heterocycles. The van der Waals surface area contributed by atoms with Gasteiger partial charge in [0.15, 0.2) is 5.82 Å². The zero-order chi connectivity index (χ0) is 17.1. The van der Waals surface area contributed by atoms with E-state index in [1.54, 1.807) is 12.1 Å². The van der Waals surface area contributed by atoms with E-state index in [9.17, 15) is 0 Å². The molecule has 2 aromatic carbocycles. The Morgan fingerprint density at radius 2 is 1.79 bits per heavy atom. The van der Waals surface area contributed by atoms with Crippen molar-refractivity contribution in [1.82, 2.24) is 15.2 Å². The minimum absolute atomic E-state index is 0.390. The van der Waals surface area contributed by atoms with E-state index in [1.165, 1.54) is 17.3 Å². The average Bonchev–Trinajstić information content (AvgIpc) is 2.56. The summed E-state index contributed by atoms with van der Waals surface area (Å²) in [6, 6.07) is 11.4. The molecule has 0 atom stereocenters. The van der Waals surface area contributed by atoms with Crippen LogP contribution in [0.5, 0.6) is 0 Å². The van der Waals surface area contributed by atoms with Crippen molar-refractivity contribution in [3.8, 4) is 0 Å². The number of hydrogen-bond donors (Lipinski definition) is 2. The maximum absolute atomic E-state index is 6.17. The molecule has 2 N–H and O–H groups in total. The highest BCUT2D eigenvalue weighted by Gasteiger charge is 2.07. The lowest BCUT2D eigenvalue weighted by molar-refractivity contribution is 0.982. The van der Waals surface area contributed by atoms with Gasteiger partial charge < -0.3 is 10.6 Å². The lowest BCUT2D eigenvalue weighted by atomic mass is 10.1. The molecular weight excluding hydrogens is 345 g/mol. The molecule has 0 radical (unpaired) electrons. The van der Waals surface area contributed by atoms with Gasteiger partial charge in [-0.1, -0.05) is 35.3 Å². The van der Waals surface area contributed by atoms with Gasteiger partial charge in [0.25, 0.3) is 0 Å². The predicted octanol–water partition coefficient (Wildman–Crippen LogP) is 5.28. The monoisotopic (exact) mass is 359 g/mol. The summed E-state index contributed by atoms with van der Waals surface area (Å²) in [6.45, 7) is 4.12. The van der Waals surface area contributed by atoms with Gasteiger partial charge in [-0.25, -0.2) is 0 Å². The molecule has 0 aliphatic carbocycles. The molecule has 5 nitrogen and oxygen atoms in total. The molecule has 0 fully saturated rings. The summed E-state index contributed by atoms with van der Waals surface area (Å²) in [5.74, 6) is 0.905. The van der Waals surface area contributed by atoms with Crippen molar-refractivity contribution in [1.29, 1.82) is 0 Å². The summed E-state index contributed by atoms with van der Waals surface area (Å²) in [7, 11) is 0. The number of nitrogens with one attached hydrogen (secondary N) is 2. The Hall–Kier alpha value is -2.37. The lowest BCUT2D eigenvalue weighted by Gasteiger charge is -2.10. The maximum Gasteiger partial charge on any atom is 0.249 e. The van der Waals surface area contributed by atoms with Gasteiger partial charge >= 0.3 is 0 Å². The number of aromatic nitrogens is 3. The van der Waals surface area contributed by atoms with Gasteiger partial charge in [-0.05, 0) is 49.2 Å². The van der Waals surface area contributed by atoms with E-state index in [0.29, 0.717) is 27.5 Å². The normalized spacial score (nSPS) is 10.5. The third-order valence-corrected chi connectivity index (χ3v) is 4.36. The summed E-state index contributed by atoms with van der Waals surface area (Å²) in [6.07, 6.45) is 1.52. The van der Waals surface area contributed by atoms with Gasteiger partial charge in [0.2, 0.25) is 5.95 Å². The first-order valence-corrected chi connectivity index (χ1v) is 8.03. The number of aryl methyl sites for hydroxylation is 2. The Kier molecular flexibility index (Phi) is 4.83. The summed E-state index contributed by atoms with van der Waals surface area (Å²) in [5.41, 5.74) is 3.97. The van der Waals surface area contributed by atoms with Crippen molar-refractivity contribution in [2.24, 2.45) is 0 Å². The average molecular weight is 360 g/mol. The molecule has 3 rings (SSSR count). The molecule has 0 spiro atoms. The smallest absolute Gasteiger partial charge is 0.249 e. The second kappa shape index (κ2) is 7.03. The van der Waals surface area contributed by atoms with Crippen molar-refractivity contribution in [3.63, 3.8) is 0 Å². The van der Waals surface area contributed by atoms with Crippen LogP contribution in [0.15, 0.2) is 42.6 Å². The topological polar surface area (TPSA) is 62.7 Å². The predicted molar refractivity (Wildman–Crippen MR) is 98.8 cm³/mol. The third-order valence-electron chi connectivity index (χ3n) is 3.54. The van der Waals surface area contributed by atoms with Gasteiger partial charge in [-0.2, -0.15) is 10.1 Å². The number of nitrogens with zero attached hydrogens (tertiary/aromatic N) is 3. The van der Waals surface area contributed by atoms with Crippen molar-refractivity contribution in [2.45, 2.75) is 13.8 Å². The Morgan fingerprint density at radius 3 is 2.58 bits per heavy atom. The zero-order valence-electron chi connectivity index (χ0n) is 13.1. The first-order valence-electron chi connectivity index (χ1n) is 7.28. The van der Waals surface area contributed by atoms with Gasteiger partial charge in [0.05, 0.1) is 21.9 Å². The van der Waals surface area contributed by atoms with Gasteiger partial charge in [0, 0.05) is 5.69 Å². The van der Waals surface area contributed by atoms with Crippen molar-refractivity contribution >= 4 is 46.3 Å². The fourth-order valence-electron chi connectivity index (χ4n) is 2.10. The highest BCUT2D eigenvalue weighted by molar-refractivity contribution is 6.43. The fourth-order valence-corrected chi connectivity index (χ4v) is 2.45. The van der Waals surface area contributed by atoms with E-state index in [-0.39, 0.29) is 0 Å². The van der Waals surface area contributed by atoms with E-state index in [0.717, 1.165) is 5.69 Å². The highest BCUT2D eigenvalue weighted by atomic mass is 35.5. The summed E-state index contributed by atoms with van der Waals surface area (Å²) in [5, 5.41) is 15.1. The third kappa shape index (κ3) is 3.75. The van der Waals surface area contributed by atoms with Crippen LogP contribution >= 0.6 is 23.2 Å². The van der Waals surface area contributed by atoms with Crippen LogP contribution in [0.1, 0.15) is 11.1 Å². The van der Waals surface area contributed by atoms with Crippen LogP contribution in [0, 0.1) is 13.8 Å². The summed E-state index contributed by atoms with van der Waals surface area (Å²) < 4.78 is 0. The van der Waals surface area contributed by atoms with Crippen LogP contribution in [-0.4, -0.2) is 15.2 Å². The second-order valence-electron chi connectivity index (χ2n) is 5.32. The molecule has 7 heteroatoms. The standard InChI is InChI=1S/C17H15Cl2N5/c1-10-6-7-12(8-11(10)2)21-17-23-15(9-20-24-17)22-14-5-3-4-13(18)16(14)19/h3-9H,1-2H3,(H2,21,22,23,24). The van der Waals surface area contributed by atoms with Gasteiger partial charge in [-0.3, -0.25) is 0 Å². The number of anilines is 4. The molecule has 24 heavy (non-hydrogen) atoms. The number of rotatable bonds is 4. The molecule has 0 saturated carbocycles. The van der Waals surface area contributed by atoms with E-state index >= 15 is 0 Å². The zero-order valence-corrected chi connectivity index (χ0v) is 14.7. The minimum atomic E-state index is 0.390. The summed E-state index contributed by atoms with van der Waals surface area (Å²) in [4.78, 5) is 4.39. The molecule has 0 unspecified atom stereocenters. The van der Waals surface area contributed by atoms with Crippen LogP contribution in [0.4, 0.5) is 23.1 Å². The van der Waals surface area contributed by atoms with Crippen LogP contribution in [-0.2, 0) is 0 Å². The van der Waals surface area contributed by atoms with Gasteiger partial charge in [-0.15, -0.1) is 5.10 Å². The SMILES string of the molecule is Cc1ccc(Nc2nncc(Nc3cccc(Cl)c3Cl)n2)cc1C. The molecule has 0 aliphatic rings. The van der Waals surface area contributed by atoms with Gasteiger partial charge in [0.1, 0.15) is 0 Å². The second-order valence-corrected chi connectivity index (χ2v) is 6.10. The molecule has 122 valence electrons. The maximum atomic E-state index is 6.17. The largest absolute Gasteiger partial charge is 0.338 e. The molecule has 0 amide bonds. The van der Waals surface area contributed by atoms with E-state index in [2.05, 4.69) is 39.7 Å². The highest BCUT2D eigenvalue weighted by Crippen LogP contribution is 2.31. The van der Waals surface area contributed by atoms with E-state index in [1.807, 2.05) is 24.3 Å². The molecular formula is C17H15Cl2N5. The van der Waals surface area contributed by atoms with Crippen LogP contribution < -0.4 is 10.6 Å². The Labute approximate surface area is 150 Å².